The third-order valence-corrected chi connectivity index (χ3v) is 5.02. The van der Waals surface area contributed by atoms with E-state index < -0.39 is 0 Å². The number of ether oxygens (including phenoxy) is 2. The summed E-state index contributed by atoms with van der Waals surface area (Å²) in [7, 11) is 1.37. The molecule has 0 saturated carbocycles. The van der Waals surface area contributed by atoms with Gasteiger partial charge in [-0.15, -0.1) is 0 Å². The number of aryl methyl sites for hydroxylation is 1. The lowest BCUT2D eigenvalue weighted by Gasteiger charge is -2.24. The van der Waals surface area contributed by atoms with Crippen LogP contribution in [0.15, 0.2) is 15.5 Å². The van der Waals surface area contributed by atoms with Crippen molar-refractivity contribution >= 4 is 11.9 Å². The van der Waals surface area contributed by atoms with Gasteiger partial charge in [0.25, 0.3) is 0 Å². The summed E-state index contributed by atoms with van der Waals surface area (Å²) in [5.41, 5.74) is 0.746. The fraction of sp³-hybridized carbons (Fsp3) is 0.667. The first-order valence-electron chi connectivity index (χ1n) is 8.85. The summed E-state index contributed by atoms with van der Waals surface area (Å²) in [6, 6.07) is 1.71. The fourth-order valence-electron chi connectivity index (χ4n) is 3.60. The third-order valence-electron chi connectivity index (χ3n) is 5.02. The number of methoxy groups -OCH3 is 1. The topological polar surface area (TPSA) is 76.3 Å². The van der Waals surface area contributed by atoms with E-state index in [9.17, 15) is 4.79 Å². The van der Waals surface area contributed by atoms with Crippen molar-refractivity contribution in [3.63, 3.8) is 0 Å². The lowest BCUT2D eigenvalue weighted by Crippen LogP contribution is -2.41. The summed E-state index contributed by atoms with van der Waals surface area (Å²) in [5.74, 6) is 1.72. The van der Waals surface area contributed by atoms with Gasteiger partial charge in [-0.2, -0.15) is 0 Å². The van der Waals surface area contributed by atoms with Crippen LogP contribution in [0.4, 0.5) is 0 Å². The SMILES string of the molecule is CCNC(=NCc1cc(C(=O)OC)c(C)o1)N1CCC2(CCOC2)C1. The Kier molecular flexibility index (Phi) is 5.32. The van der Waals surface area contributed by atoms with Gasteiger partial charge in [0, 0.05) is 31.7 Å². The van der Waals surface area contributed by atoms with E-state index >= 15 is 0 Å². The van der Waals surface area contributed by atoms with Crippen LogP contribution in [0.25, 0.3) is 0 Å². The Morgan fingerprint density at radius 1 is 1.48 bits per heavy atom. The van der Waals surface area contributed by atoms with Gasteiger partial charge in [0.15, 0.2) is 5.96 Å². The van der Waals surface area contributed by atoms with Gasteiger partial charge in [-0.1, -0.05) is 0 Å². The Morgan fingerprint density at radius 3 is 3.00 bits per heavy atom. The lowest BCUT2D eigenvalue weighted by molar-refractivity contribution is 0.0599. The number of carbonyl (C=O) groups is 1. The van der Waals surface area contributed by atoms with E-state index in [4.69, 9.17) is 18.9 Å². The zero-order valence-corrected chi connectivity index (χ0v) is 15.3. The maximum absolute atomic E-state index is 11.7. The van der Waals surface area contributed by atoms with E-state index in [1.54, 1.807) is 13.0 Å². The van der Waals surface area contributed by atoms with Crippen molar-refractivity contribution in [1.29, 1.82) is 0 Å². The minimum atomic E-state index is -0.383. The maximum Gasteiger partial charge on any atom is 0.341 e. The van der Waals surface area contributed by atoms with Crippen molar-refractivity contribution in [3.05, 3.63) is 23.2 Å². The Hall–Kier alpha value is -2.02. The molecule has 0 bridgehead atoms. The van der Waals surface area contributed by atoms with Gasteiger partial charge in [0.05, 0.1) is 13.7 Å². The van der Waals surface area contributed by atoms with Gasteiger partial charge >= 0.3 is 5.97 Å². The molecular formula is C18H27N3O4. The van der Waals surface area contributed by atoms with Crippen LogP contribution in [0.5, 0.6) is 0 Å². The van der Waals surface area contributed by atoms with Gasteiger partial charge < -0.3 is 24.1 Å². The highest BCUT2D eigenvalue weighted by molar-refractivity contribution is 5.90. The molecule has 2 saturated heterocycles. The molecular weight excluding hydrogens is 322 g/mol. The molecule has 2 aliphatic rings. The van der Waals surface area contributed by atoms with Crippen LogP contribution in [-0.2, 0) is 16.0 Å². The number of hydrogen-bond donors (Lipinski definition) is 1. The van der Waals surface area contributed by atoms with Crippen molar-refractivity contribution in [2.75, 3.05) is 40.0 Å². The van der Waals surface area contributed by atoms with E-state index in [2.05, 4.69) is 17.1 Å². The second-order valence-corrected chi connectivity index (χ2v) is 6.82. The van der Waals surface area contributed by atoms with E-state index in [0.29, 0.717) is 23.6 Å². The molecule has 0 radical (unpaired) electrons. The monoisotopic (exact) mass is 349 g/mol. The first-order chi connectivity index (χ1) is 12.1. The molecule has 1 aromatic heterocycles. The Bertz CT molecular complexity index is 647. The third kappa shape index (κ3) is 3.81. The molecule has 2 fully saturated rings. The minimum absolute atomic E-state index is 0.287. The van der Waals surface area contributed by atoms with Gasteiger partial charge in [0.2, 0.25) is 0 Å². The largest absolute Gasteiger partial charge is 0.465 e. The van der Waals surface area contributed by atoms with Crippen LogP contribution in [0, 0.1) is 12.3 Å². The number of nitrogens with zero attached hydrogens (tertiary/aromatic N) is 2. The molecule has 1 atom stereocenters. The maximum atomic E-state index is 11.7. The number of guanidine groups is 1. The number of esters is 1. The molecule has 138 valence electrons. The quantitative estimate of drug-likeness (QED) is 0.509. The van der Waals surface area contributed by atoms with E-state index in [0.717, 1.165) is 51.6 Å². The number of nitrogens with one attached hydrogen (secondary N) is 1. The predicted octanol–water partition coefficient (Wildman–Crippen LogP) is 1.95. The van der Waals surface area contributed by atoms with Crippen LogP contribution in [0.3, 0.4) is 0 Å². The van der Waals surface area contributed by atoms with E-state index in [1.165, 1.54) is 7.11 Å². The van der Waals surface area contributed by atoms with Crippen molar-refractivity contribution < 1.29 is 18.7 Å². The first-order valence-corrected chi connectivity index (χ1v) is 8.85. The summed E-state index contributed by atoms with van der Waals surface area (Å²) >= 11 is 0. The highest BCUT2D eigenvalue weighted by Gasteiger charge is 2.42. The molecule has 7 nitrogen and oxygen atoms in total. The molecule has 25 heavy (non-hydrogen) atoms. The van der Waals surface area contributed by atoms with Crippen LogP contribution in [-0.4, -0.2) is 56.8 Å². The summed E-state index contributed by atoms with van der Waals surface area (Å²) in [4.78, 5) is 18.7. The molecule has 1 spiro atoms. The van der Waals surface area contributed by atoms with Crippen molar-refractivity contribution in [2.45, 2.75) is 33.2 Å². The number of aliphatic imine (C=N–C) groups is 1. The van der Waals surface area contributed by atoms with Crippen molar-refractivity contribution in [2.24, 2.45) is 10.4 Å². The number of rotatable bonds is 4. The second kappa shape index (κ2) is 7.47. The number of likely N-dealkylation sites (tertiary alicyclic amines) is 1. The minimum Gasteiger partial charge on any atom is -0.465 e. The summed E-state index contributed by atoms with van der Waals surface area (Å²) in [5, 5.41) is 3.36. The van der Waals surface area contributed by atoms with Crippen LogP contribution < -0.4 is 5.32 Å². The molecule has 1 N–H and O–H groups in total. The fourth-order valence-corrected chi connectivity index (χ4v) is 3.60. The van der Waals surface area contributed by atoms with E-state index in [1.807, 2.05) is 0 Å². The molecule has 2 aliphatic heterocycles. The summed E-state index contributed by atoms with van der Waals surface area (Å²) in [6.45, 7) is 8.69. The molecule has 1 aromatic rings. The highest BCUT2D eigenvalue weighted by Crippen LogP contribution is 2.38. The number of carbonyl (C=O) groups excluding carboxylic acids is 1. The first kappa shape index (κ1) is 17.8. The summed E-state index contributed by atoms with van der Waals surface area (Å²) in [6.07, 6.45) is 2.27. The van der Waals surface area contributed by atoms with Crippen LogP contribution in [0.2, 0.25) is 0 Å². The molecule has 7 heteroatoms. The molecule has 1 unspecified atom stereocenters. The highest BCUT2D eigenvalue weighted by atomic mass is 16.5. The predicted molar refractivity (Wildman–Crippen MR) is 93.7 cm³/mol. The molecule has 0 aliphatic carbocycles. The normalized spacial score (nSPS) is 23.5. The van der Waals surface area contributed by atoms with Crippen LogP contribution >= 0.6 is 0 Å². The van der Waals surface area contributed by atoms with E-state index in [-0.39, 0.29) is 11.4 Å². The average Bonchev–Trinajstić information content (AvgIpc) is 3.33. The standard InChI is InChI=1S/C18H27N3O4/c1-4-19-17(21-7-5-18(11-21)6-8-24-12-18)20-10-14-9-15(13(2)25-14)16(22)23-3/h9H,4-8,10-12H2,1-3H3,(H,19,20). The Morgan fingerprint density at radius 2 is 2.32 bits per heavy atom. The Balaban J connectivity index is 1.69. The molecule has 3 heterocycles. The average molecular weight is 349 g/mol. The van der Waals surface area contributed by atoms with Gasteiger partial charge in [0.1, 0.15) is 23.6 Å². The van der Waals surface area contributed by atoms with Gasteiger partial charge in [-0.25, -0.2) is 9.79 Å². The molecule has 3 rings (SSSR count). The zero-order chi connectivity index (χ0) is 17.9. The van der Waals surface area contributed by atoms with Gasteiger partial charge in [-0.05, 0) is 32.8 Å². The number of furan rings is 1. The lowest BCUT2D eigenvalue weighted by atomic mass is 9.87. The summed E-state index contributed by atoms with van der Waals surface area (Å²) < 4.78 is 16.0. The van der Waals surface area contributed by atoms with Crippen molar-refractivity contribution in [1.82, 2.24) is 10.2 Å². The molecule has 0 amide bonds. The molecule has 0 aromatic carbocycles. The smallest absolute Gasteiger partial charge is 0.341 e. The van der Waals surface area contributed by atoms with Crippen LogP contribution in [0.1, 0.15) is 41.6 Å². The van der Waals surface area contributed by atoms with Crippen molar-refractivity contribution in [3.8, 4) is 0 Å². The number of hydrogen-bond acceptors (Lipinski definition) is 5. The van der Waals surface area contributed by atoms with Gasteiger partial charge in [-0.3, -0.25) is 0 Å². The zero-order valence-electron chi connectivity index (χ0n) is 15.3. The Labute approximate surface area is 148 Å². The second-order valence-electron chi connectivity index (χ2n) is 6.82.